The lowest BCUT2D eigenvalue weighted by Crippen LogP contribution is -2.30. The number of rotatable bonds is 4. The number of carbonyl (C=O) groups excluding carboxylic acids is 1. The van der Waals surface area contributed by atoms with Gasteiger partial charge in [0.05, 0.1) is 11.4 Å². The van der Waals surface area contributed by atoms with Gasteiger partial charge in [-0.15, -0.1) is 11.3 Å². The lowest BCUT2D eigenvalue weighted by atomic mass is 10.2. The van der Waals surface area contributed by atoms with E-state index in [0.29, 0.717) is 27.3 Å². The van der Waals surface area contributed by atoms with E-state index in [4.69, 9.17) is 0 Å². The van der Waals surface area contributed by atoms with Gasteiger partial charge in [0.15, 0.2) is 10.1 Å². The summed E-state index contributed by atoms with van der Waals surface area (Å²) in [6, 6.07) is 16.6. The van der Waals surface area contributed by atoms with Crippen LogP contribution in [0.5, 0.6) is 0 Å². The summed E-state index contributed by atoms with van der Waals surface area (Å²) >= 11 is 2.71. The van der Waals surface area contributed by atoms with E-state index in [1.54, 1.807) is 22.6 Å². The molecule has 6 nitrogen and oxygen atoms in total. The molecule has 2 aromatic carbocycles. The van der Waals surface area contributed by atoms with Gasteiger partial charge in [0.2, 0.25) is 0 Å². The number of nitrogens with zero attached hydrogens (tertiary/aromatic N) is 4. The molecule has 5 rings (SSSR count). The Hall–Kier alpha value is -3.56. The molecule has 33 heavy (non-hydrogen) atoms. The minimum Gasteiger partial charge on any atom is -0.269 e. The molecule has 0 saturated carbocycles. The van der Waals surface area contributed by atoms with E-state index in [1.807, 2.05) is 42.6 Å². The van der Waals surface area contributed by atoms with Crippen LogP contribution in [0.1, 0.15) is 17.0 Å². The predicted molar refractivity (Wildman–Crippen MR) is 131 cm³/mol. The van der Waals surface area contributed by atoms with Crippen LogP contribution in [0.25, 0.3) is 11.0 Å². The number of carbonyl (C=O) groups is 1. The molecular formula is C24H17FN4O2S2. The van der Waals surface area contributed by atoms with Gasteiger partial charge in [-0.05, 0) is 42.8 Å². The van der Waals surface area contributed by atoms with E-state index < -0.39 is 0 Å². The van der Waals surface area contributed by atoms with Crippen LogP contribution in [0.15, 0.2) is 81.5 Å². The zero-order chi connectivity index (χ0) is 22.9. The van der Waals surface area contributed by atoms with Crippen molar-refractivity contribution in [1.82, 2.24) is 9.38 Å². The van der Waals surface area contributed by atoms with Gasteiger partial charge in [-0.25, -0.2) is 14.4 Å². The molecule has 4 aromatic rings. The number of fused-ring (bicyclic) bond motifs is 1. The highest BCUT2D eigenvalue weighted by molar-refractivity contribution is 8.13. The highest BCUT2D eigenvalue weighted by Gasteiger charge is 2.32. The molecule has 9 heteroatoms. The largest absolute Gasteiger partial charge is 0.283 e. The maximum Gasteiger partial charge on any atom is 0.283 e. The van der Waals surface area contributed by atoms with Crippen molar-refractivity contribution in [1.29, 1.82) is 0 Å². The summed E-state index contributed by atoms with van der Waals surface area (Å²) in [6.45, 7) is 1.86. The molecule has 0 saturated heterocycles. The Morgan fingerprint density at radius 1 is 1.09 bits per heavy atom. The predicted octanol–water partition coefficient (Wildman–Crippen LogP) is 4.88. The molecule has 0 atom stereocenters. The van der Waals surface area contributed by atoms with Crippen molar-refractivity contribution in [3.05, 3.63) is 105 Å². The van der Waals surface area contributed by atoms with E-state index in [9.17, 15) is 14.0 Å². The van der Waals surface area contributed by atoms with Crippen molar-refractivity contribution in [2.45, 2.75) is 12.7 Å². The van der Waals surface area contributed by atoms with Crippen molar-refractivity contribution in [2.24, 2.45) is 4.99 Å². The van der Waals surface area contributed by atoms with Gasteiger partial charge in [-0.1, -0.05) is 42.1 Å². The first kappa shape index (κ1) is 21.3. The number of amides is 1. The Morgan fingerprint density at radius 3 is 2.61 bits per heavy atom. The minimum atomic E-state index is -0.388. The summed E-state index contributed by atoms with van der Waals surface area (Å²) in [6.07, 6.45) is 1.72. The quantitative estimate of drug-likeness (QED) is 0.394. The Labute approximate surface area is 196 Å². The summed E-state index contributed by atoms with van der Waals surface area (Å²) < 4.78 is 15.1. The first-order valence-corrected chi connectivity index (χ1v) is 11.9. The highest BCUT2D eigenvalue weighted by Crippen LogP contribution is 2.30. The number of aliphatic imine (C=N–C) groups is 1. The summed E-state index contributed by atoms with van der Waals surface area (Å²) in [5.41, 5.74) is 2.95. The Bertz CT molecular complexity index is 1470. The second-order valence-corrected chi connectivity index (χ2v) is 9.10. The summed E-state index contributed by atoms with van der Waals surface area (Å²) in [5.74, 6) is -0.336. The second kappa shape index (κ2) is 8.76. The lowest BCUT2D eigenvalue weighted by Gasteiger charge is -2.17. The van der Waals surface area contributed by atoms with Gasteiger partial charge < -0.3 is 0 Å². The van der Waals surface area contributed by atoms with E-state index >= 15 is 0 Å². The van der Waals surface area contributed by atoms with Crippen LogP contribution in [-0.2, 0) is 10.5 Å². The zero-order valence-corrected chi connectivity index (χ0v) is 19.1. The van der Waals surface area contributed by atoms with E-state index in [1.165, 1.54) is 46.2 Å². The lowest BCUT2D eigenvalue weighted by molar-refractivity contribution is -0.113. The van der Waals surface area contributed by atoms with Gasteiger partial charge in [0.1, 0.15) is 11.5 Å². The Balaban J connectivity index is 1.48. The maximum atomic E-state index is 13.5. The van der Waals surface area contributed by atoms with Crippen molar-refractivity contribution in [2.75, 3.05) is 4.90 Å². The topological polar surface area (TPSA) is 67.0 Å². The first-order chi connectivity index (χ1) is 16.0. The fraction of sp³-hybridized carbons (Fsp3) is 0.0833. The number of thioether (sulfide) groups is 1. The molecule has 0 fully saturated rings. The SMILES string of the molecule is Cc1csc2nc(CSC3=N/C(=C\c4ccccc4)C(=O)N3c3ccc(F)cc3)cc(=O)n12. The van der Waals surface area contributed by atoms with Crippen molar-refractivity contribution in [3.63, 3.8) is 0 Å². The molecule has 0 bridgehead atoms. The third-order valence-corrected chi connectivity index (χ3v) is 6.91. The van der Waals surface area contributed by atoms with Gasteiger partial charge in [0, 0.05) is 22.9 Å². The molecule has 3 heterocycles. The van der Waals surface area contributed by atoms with Crippen LogP contribution in [0, 0.1) is 12.7 Å². The number of amidine groups is 1. The number of anilines is 1. The van der Waals surface area contributed by atoms with Crippen LogP contribution >= 0.6 is 23.1 Å². The number of thiazole rings is 1. The van der Waals surface area contributed by atoms with E-state index in [0.717, 1.165) is 11.3 Å². The van der Waals surface area contributed by atoms with Crippen LogP contribution in [0.3, 0.4) is 0 Å². The molecule has 1 aliphatic rings. The van der Waals surface area contributed by atoms with Gasteiger partial charge in [0.25, 0.3) is 11.5 Å². The zero-order valence-electron chi connectivity index (χ0n) is 17.4. The molecule has 164 valence electrons. The average molecular weight is 477 g/mol. The first-order valence-electron chi connectivity index (χ1n) is 10.0. The molecule has 0 radical (unpaired) electrons. The second-order valence-electron chi connectivity index (χ2n) is 7.32. The molecule has 0 unspecified atom stereocenters. The standard InChI is InChI=1S/C24H17FN4O2S2/c1-15-13-32-23-26-18(12-21(30)28(15)23)14-33-24-27-20(11-16-5-3-2-4-6-16)22(31)29(24)19-9-7-17(25)8-10-19/h2-13H,14H2,1H3/b20-11-. The van der Waals surface area contributed by atoms with Crippen molar-refractivity contribution < 1.29 is 9.18 Å². The summed E-state index contributed by atoms with van der Waals surface area (Å²) in [5, 5.41) is 2.33. The number of halogens is 1. The number of benzene rings is 2. The fourth-order valence-corrected chi connectivity index (χ4v) is 5.23. The molecule has 0 N–H and O–H groups in total. The number of hydrogen-bond donors (Lipinski definition) is 0. The summed E-state index contributed by atoms with van der Waals surface area (Å²) in [7, 11) is 0. The summed E-state index contributed by atoms with van der Waals surface area (Å²) in [4.78, 5) is 36.9. The van der Waals surface area contributed by atoms with Crippen LogP contribution in [-0.4, -0.2) is 20.5 Å². The van der Waals surface area contributed by atoms with Crippen LogP contribution < -0.4 is 10.5 Å². The third-order valence-electron chi connectivity index (χ3n) is 5.00. The van der Waals surface area contributed by atoms with Crippen LogP contribution in [0.2, 0.25) is 0 Å². The van der Waals surface area contributed by atoms with Crippen molar-refractivity contribution >= 4 is 50.9 Å². The van der Waals surface area contributed by atoms with E-state index in [2.05, 4.69) is 9.98 Å². The molecule has 0 spiro atoms. The number of aryl methyl sites for hydroxylation is 1. The number of hydrogen-bond acceptors (Lipinski definition) is 6. The van der Waals surface area contributed by atoms with Gasteiger partial charge >= 0.3 is 0 Å². The normalized spacial score (nSPS) is 15.0. The monoisotopic (exact) mass is 476 g/mol. The Kier molecular flexibility index (Phi) is 5.65. The molecule has 0 aliphatic carbocycles. The third kappa shape index (κ3) is 4.24. The van der Waals surface area contributed by atoms with Gasteiger partial charge in [-0.3, -0.25) is 18.9 Å². The molecule has 1 aliphatic heterocycles. The minimum absolute atomic E-state index is 0.140. The van der Waals surface area contributed by atoms with Crippen molar-refractivity contribution in [3.8, 4) is 0 Å². The van der Waals surface area contributed by atoms with E-state index in [-0.39, 0.29) is 23.0 Å². The average Bonchev–Trinajstić information content (AvgIpc) is 3.33. The fourth-order valence-electron chi connectivity index (χ4n) is 3.43. The maximum absolute atomic E-state index is 13.5. The Morgan fingerprint density at radius 2 is 1.85 bits per heavy atom. The molecular weight excluding hydrogens is 459 g/mol. The highest BCUT2D eigenvalue weighted by atomic mass is 32.2. The number of aromatic nitrogens is 2. The van der Waals surface area contributed by atoms with Gasteiger partial charge in [-0.2, -0.15) is 0 Å². The van der Waals surface area contributed by atoms with Crippen LogP contribution in [0.4, 0.5) is 10.1 Å². The molecule has 2 aromatic heterocycles. The molecule has 1 amide bonds. The smallest absolute Gasteiger partial charge is 0.269 e.